The van der Waals surface area contributed by atoms with E-state index in [4.69, 9.17) is 0 Å². The van der Waals surface area contributed by atoms with Gasteiger partial charge in [0.15, 0.2) is 9.84 Å². The van der Waals surface area contributed by atoms with E-state index in [9.17, 15) is 12.6 Å². The highest BCUT2D eigenvalue weighted by Gasteiger charge is 2.20. The zero-order valence-corrected chi connectivity index (χ0v) is 11.9. The van der Waals surface area contributed by atoms with Crippen molar-refractivity contribution in [1.29, 1.82) is 0 Å². The molecule has 2 rings (SSSR count). The van der Waals surface area contributed by atoms with Crippen LogP contribution in [0.4, 0.5) is 0 Å². The maximum atomic E-state index is 11.9. The second kappa shape index (κ2) is 5.50. The predicted octanol–water partition coefficient (Wildman–Crippen LogP) is 0.950. The van der Waals surface area contributed by atoms with E-state index >= 15 is 0 Å². The lowest BCUT2D eigenvalue weighted by molar-refractivity contribution is 0.601. The van der Waals surface area contributed by atoms with Crippen molar-refractivity contribution in [3.05, 3.63) is 24.3 Å². The Kier molecular flexibility index (Phi) is 4.19. The monoisotopic (exact) mass is 287 g/mol. The summed E-state index contributed by atoms with van der Waals surface area (Å²) in [6, 6.07) is 6.90. The molecule has 0 heterocycles. The molecule has 0 amide bonds. The molecule has 1 aliphatic carbocycles. The van der Waals surface area contributed by atoms with Crippen LogP contribution in [0.5, 0.6) is 0 Å². The molecule has 18 heavy (non-hydrogen) atoms. The average molecular weight is 287 g/mol. The van der Waals surface area contributed by atoms with Gasteiger partial charge in [-0.2, -0.15) is 0 Å². The second-order valence-electron chi connectivity index (χ2n) is 4.52. The third-order valence-corrected chi connectivity index (χ3v) is 5.31. The molecule has 0 aromatic heterocycles. The van der Waals surface area contributed by atoms with Crippen LogP contribution in [-0.4, -0.2) is 37.2 Å². The molecule has 0 saturated heterocycles. The summed E-state index contributed by atoms with van der Waals surface area (Å²) in [6.45, 7) is 0.741. The van der Waals surface area contributed by atoms with Gasteiger partial charge in [-0.15, -0.1) is 0 Å². The van der Waals surface area contributed by atoms with Gasteiger partial charge >= 0.3 is 0 Å². The Morgan fingerprint density at radius 2 is 1.89 bits per heavy atom. The van der Waals surface area contributed by atoms with Gasteiger partial charge in [0, 0.05) is 29.5 Å². The standard InChI is InChI=1S/C12H17NO3S2/c1-18(15,16)12-6-4-11(5-7-12)17(14)9-8-13-10-2-3-10/h4-7,10,13H,2-3,8-9H2,1H3. The van der Waals surface area contributed by atoms with E-state index in [-0.39, 0.29) is 4.90 Å². The van der Waals surface area contributed by atoms with Crippen molar-refractivity contribution in [2.45, 2.75) is 28.7 Å². The highest BCUT2D eigenvalue weighted by Crippen LogP contribution is 2.18. The summed E-state index contributed by atoms with van der Waals surface area (Å²) in [7, 11) is -4.24. The Labute approximate surface area is 110 Å². The predicted molar refractivity (Wildman–Crippen MR) is 71.9 cm³/mol. The molecule has 6 heteroatoms. The van der Waals surface area contributed by atoms with Crippen molar-refractivity contribution in [2.75, 3.05) is 18.6 Å². The van der Waals surface area contributed by atoms with Crippen LogP contribution in [0.1, 0.15) is 12.8 Å². The first kappa shape index (κ1) is 13.7. The first-order valence-electron chi connectivity index (χ1n) is 5.89. The largest absolute Gasteiger partial charge is 0.313 e. The molecule has 0 spiro atoms. The van der Waals surface area contributed by atoms with Gasteiger partial charge in [-0.25, -0.2) is 8.42 Å². The molecule has 0 radical (unpaired) electrons. The highest BCUT2D eigenvalue weighted by atomic mass is 32.2. The van der Waals surface area contributed by atoms with E-state index in [1.807, 2.05) is 0 Å². The third-order valence-electron chi connectivity index (χ3n) is 2.81. The molecule has 1 aromatic carbocycles. The fourth-order valence-corrected chi connectivity index (χ4v) is 3.21. The van der Waals surface area contributed by atoms with Gasteiger partial charge in [0.1, 0.15) is 0 Å². The molecule has 0 bridgehead atoms. The molecule has 1 N–H and O–H groups in total. The van der Waals surface area contributed by atoms with Crippen molar-refractivity contribution >= 4 is 20.6 Å². The van der Waals surface area contributed by atoms with Crippen molar-refractivity contribution in [2.24, 2.45) is 0 Å². The quantitative estimate of drug-likeness (QED) is 0.846. The number of rotatable bonds is 6. The molecular weight excluding hydrogens is 270 g/mol. The van der Waals surface area contributed by atoms with E-state index < -0.39 is 20.6 Å². The summed E-state index contributed by atoms with van der Waals surface area (Å²) in [4.78, 5) is 0.944. The Hall–Kier alpha value is -0.720. The lowest BCUT2D eigenvalue weighted by Crippen LogP contribution is -2.22. The van der Waals surface area contributed by atoms with Gasteiger partial charge in [0.2, 0.25) is 0 Å². The molecule has 1 unspecified atom stereocenters. The maximum absolute atomic E-state index is 11.9. The zero-order valence-electron chi connectivity index (χ0n) is 10.3. The maximum Gasteiger partial charge on any atom is 0.175 e. The van der Waals surface area contributed by atoms with E-state index in [2.05, 4.69) is 5.32 Å². The van der Waals surface area contributed by atoms with Crippen LogP contribution in [-0.2, 0) is 20.6 Å². The van der Waals surface area contributed by atoms with E-state index in [1.54, 1.807) is 12.1 Å². The number of sulfone groups is 1. The van der Waals surface area contributed by atoms with Crippen LogP contribution in [0.15, 0.2) is 34.1 Å². The van der Waals surface area contributed by atoms with Crippen LogP contribution in [0.3, 0.4) is 0 Å². The van der Waals surface area contributed by atoms with Crippen LogP contribution in [0, 0.1) is 0 Å². The SMILES string of the molecule is CS(=O)(=O)c1ccc(S(=O)CCNC2CC2)cc1. The van der Waals surface area contributed by atoms with Gasteiger partial charge in [0.05, 0.1) is 15.7 Å². The normalized spacial score (nSPS) is 17.6. The molecule has 4 nitrogen and oxygen atoms in total. The summed E-state index contributed by atoms with van der Waals surface area (Å²) in [5.74, 6) is 0.564. The first-order chi connectivity index (χ1) is 8.47. The Morgan fingerprint density at radius 3 is 2.39 bits per heavy atom. The van der Waals surface area contributed by atoms with Gasteiger partial charge in [-0.3, -0.25) is 4.21 Å². The zero-order chi connectivity index (χ0) is 13.2. The van der Waals surface area contributed by atoms with Gasteiger partial charge < -0.3 is 5.32 Å². The first-order valence-corrected chi connectivity index (χ1v) is 9.10. The Morgan fingerprint density at radius 1 is 1.28 bits per heavy atom. The van der Waals surface area contributed by atoms with Crippen LogP contribution in [0.25, 0.3) is 0 Å². The number of nitrogens with one attached hydrogen (secondary N) is 1. The topological polar surface area (TPSA) is 63.2 Å². The molecule has 1 aliphatic rings. The molecule has 1 atom stereocenters. The summed E-state index contributed by atoms with van der Waals surface area (Å²) in [5.41, 5.74) is 0. The second-order valence-corrected chi connectivity index (χ2v) is 8.11. The molecular formula is C12H17NO3S2. The smallest absolute Gasteiger partial charge is 0.175 e. The molecule has 1 saturated carbocycles. The third kappa shape index (κ3) is 3.90. The lowest BCUT2D eigenvalue weighted by Gasteiger charge is -2.04. The number of benzene rings is 1. The lowest BCUT2D eigenvalue weighted by atomic mass is 10.4. The van der Waals surface area contributed by atoms with Crippen molar-refractivity contribution < 1.29 is 12.6 Å². The van der Waals surface area contributed by atoms with Crippen LogP contribution < -0.4 is 5.32 Å². The fraction of sp³-hybridized carbons (Fsp3) is 0.500. The van der Waals surface area contributed by atoms with E-state index in [0.29, 0.717) is 16.7 Å². The minimum Gasteiger partial charge on any atom is -0.313 e. The van der Waals surface area contributed by atoms with Gasteiger partial charge in [-0.1, -0.05) is 0 Å². The van der Waals surface area contributed by atoms with Crippen molar-refractivity contribution in [3.63, 3.8) is 0 Å². The van der Waals surface area contributed by atoms with Gasteiger partial charge in [-0.05, 0) is 37.1 Å². The number of hydrogen-bond acceptors (Lipinski definition) is 4. The molecule has 1 fully saturated rings. The highest BCUT2D eigenvalue weighted by molar-refractivity contribution is 7.90. The Balaban J connectivity index is 1.93. The average Bonchev–Trinajstić information content (AvgIpc) is 3.12. The van der Waals surface area contributed by atoms with Crippen LogP contribution in [0.2, 0.25) is 0 Å². The van der Waals surface area contributed by atoms with Crippen molar-refractivity contribution in [3.8, 4) is 0 Å². The van der Waals surface area contributed by atoms with E-state index in [1.165, 1.54) is 31.2 Å². The van der Waals surface area contributed by atoms with E-state index in [0.717, 1.165) is 6.54 Å². The van der Waals surface area contributed by atoms with Crippen LogP contribution >= 0.6 is 0 Å². The summed E-state index contributed by atoms with van der Waals surface area (Å²) in [6.07, 6.45) is 3.60. The molecule has 0 aliphatic heterocycles. The number of hydrogen-bond donors (Lipinski definition) is 1. The minimum atomic E-state index is -3.18. The minimum absolute atomic E-state index is 0.263. The summed E-state index contributed by atoms with van der Waals surface area (Å²) in [5, 5.41) is 3.30. The molecule has 1 aromatic rings. The summed E-state index contributed by atoms with van der Waals surface area (Å²) >= 11 is 0. The van der Waals surface area contributed by atoms with Crippen molar-refractivity contribution in [1.82, 2.24) is 5.32 Å². The summed E-state index contributed by atoms with van der Waals surface area (Å²) < 4.78 is 34.5. The molecule has 100 valence electrons. The Bertz CT molecular complexity index is 533. The van der Waals surface area contributed by atoms with Gasteiger partial charge in [0.25, 0.3) is 0 Å². The fourth-order valence-electron chi connectivity index (χ4n) is 1.60.